The lowest BCUT2D eigenvalue weighted by molar-refractivity contribution is -0.112. The van der Waals surface area contributed by atoms with Crippen LogP contribution in [-0.2, 0) is 4.79 Å². The molecule has 0 fully saturated rings. The molecule has 0 radical (unpaired) electrons. The van der Waals surface area contributed by atoms with Crippen LogP contribution >= 0.6 is 0 Å². The third kappa shape index (κ3) is 5.61. The van der Waals surface area contributed by atoms with Crippen molar-refractivity contribution >= 4 is 17.7 Å². The summed E-state index contributed by atoms with van der Waals surface area (Å²) in [5.74, 6) is -0.584. The van der Waals surface area contributed by atoms with Crippen molar-refractivity contribution in [1.82, 2.24) is 0 Å². The van der Waals surface area contributed by atoms with E-state index in [-0.39, 0.29) is 22.8 Å². The first-order chi connectivity index (χ1) is 14.4. The molecule has 0 bridgehead atoms. The van der Waals surface area contributed by atoms with Crippen LogP contribution in [0.25, 0.3) is 6.08 Å². The molecule has 1 amide bonds. The van der Waals surface area contributed by atoms with Gasteiger partial charge in [0.05, 0.1) is 26.5 Å². The van der Waals surface area contributed by atoms with Gasteiger partial charge < -0.3 is 24.3 Å². The molecule has 0 saturated carbocycles. The highest BCUT2D eigenvalue weighted by atomic mass is 19.3. The van der Waals surface area contributed by atoms with Crippen LogP contribution in [-0.4, -0.2) is 33.3 Å². The zero-order valence-corrected chi connectivity index (χ0v) is 16.6. The molecule has 0 heterocycles. The van der Waals surface area contributed by atoms with Crippen LogP contribution in [0.2, 0.25) is 0 Å². The fourth-order valence-electron chi connectivity index (χ4n) is 2.54. The topological polar surface area (TPSA) is 89.8 Å². The van der Waals surface area contributed by atoms with Gasteiger partial charge in [-0.15, -0.1) is 0 Å². The Morgan fingerprint density at radius 3 is 2.33 bits per heavy atom. The summed E-state index contributed by atoms with van der Waals surface area (Å²) in [4.78, 5) is 12.6. The van der Waals surface area contributed by atoms with Crippen molar-refractivity contribution in [3.8, 4) is 29.1 Å². The Balaban J connectivity index is 2.38. The number of ether oxygens (including phenoxy) is 4. The maximum atomic E-state index is 12.7. The number of rotatable bonds is 9. The summed E-state index contributed by atoms with van der Waals surface area (Å²) >= 11 is 0. The van der Waals surface area contributed by atoms with E-state index in [4.69, 9.17) is 14.2 Å². The highest BCUT2D eigenvalue weighted by Crippen LogP contribution is 2.40. The van der Waals surface area contributed by atoms with Crippen LogP contribution in [0.4, 0.5) is 14.5 Å². The highest BCUT2D eigenvalue weighted by molar-refractivity contribution is 6.10. The summed E-state index contributed by atoms with van der Waals surface area (Å²) in [5, 5.41) is 12.1. The fraction of sp³-hybridized carbons (Fsp3) is 0.238. The average molecular weight is 418 g/mol. The number of amides is 1. The van der Waals surface area contributed by atoms with Crippen molar-refractivity contribution in [2.75, 3.05) is 26.1 Å². The number of carbonyl (C=O) groups excluding carboxylic acids is 1. The average Bonchev–Trinajstić information content (AvgIpc) is 2.73. The Kier molecular flexibility index (Phi) is 7.99. The molecule has 30 heavy (non-hydrogen) atoms. The summed E-state index contributed by atoms with van der Waals surface area (Å²) in [6.07, 6.45) is 1.27. The molecule has 158 valence electrons. The van der Waals surface area contributed by atoms with Gasteiger partial charge in [0.15, 0.2) is 11.5 Å². The summed E-state index contributed by atoms with van der Waals surface area (Å²) in [7, 11) is 2.53. The lowest BCUT2D eigenvalue weighted by Crippen LogP contribution is -2.14. The quantitative estimate of drug-likeness (QED) is 0.484. The van der Waals surface area contributed by atoms with E-state index >= 15 is 0 Å². The smallest absolute Gasteiger partial charge is 0.387 e. The molecule has 0 atom stereocenters. The summed E-state index contributed by atoms with van der Waals surface area (Å²) < 4.78 is 45.4. The Bertz CT molecular complexity index is 945. The maximum Gasteiger partial charge on any atom is 0.387 e. The Hall–Kier alpha value is -3.80. The normalized spacial score (nSPS) is 10.9. The van der Waals surface area contributed by atoms with Gasteiger partial charge in [-0.25, -0.2) is 0 Å². The molecule has 9 heteroatoms. The number of carbonyl (C=O) groups is 1. The summed E-state index contributed by atoms with van der Waals surface area (Å²) in [5.41, 5.74) is 0.490. The van der Waals surface area contributed by atoms with Crippen LogP contribution in [0.3, 0.4) is 0 Å². The molecule has 0 aromatic heterocycles. The molecule has 0 aliphatic heterocycles. The van der Waals surface area contributed by atoms with Crippen LogP contribution < -0.4 is 24.3 Å². The van der Waals surface area contributed by atoms with Crippen molar-refractivity contribution in [2.45, 2.75) is 13.5 Å². The zero-order chi connectivity index (χ0) is 22.1. The van der Waals surface area contributed by atoms with E-state index in [1.54, 1.807) is 31.2 Å². The maximum absolute atomic E-state index is 12.7. The van der Waals surface area contributed by atoms with Crippen molar-refractivity contribution in [2.24, 2.45) is 0 Å². The fourth-order valence-corrected chi connectivity index (χ4v) is 2.54. The minimum absolute atomic E-state index is 0.0414. The van der Waals surface area contributed by atoms with Gasteiger partial charge in [0.25, 0.3) is 5.91 Å². The van der Waals surface area contributed by atoms with Crippen molar-refractivity contribution < 1.29 is 32.5 Å². The van der Waals surface area contributed by atoms with E-state index in [0.29, 0.717) is 23.6 Å². The van der Waals surface area contributed by atoms with E-state index in [9.17, 15) is 18.8 Å². The Morgan fingerprint density at radius 2 is 1.80 bits per heavy atom. The first-order valence-corrected chi connectivity index (χ1v) is 8.79. The van der Waals surface area contributed by atoms with Crippen LogP contribution in [0, 0.1) is 11.3 Å². The number of halogens is 2. The number of nitrogens with zero attached hydrogens (tertiary/aromatic N) is 1. The van der Waals surface area contributed by atoms with E-state index < -0.39 is 12.5 Å². The first kappa shape index (κ1) is 22.5. The number of methoxy groups -OCH3 is 2. The molecule has 2 aromatic carbocycles. The van der Waals surface area contributed by atoms with E-state index in [1.165, 1.54) is 32.4 Å². The SMILES string of the molecule is CCOc1ccccc1NC(=O)/C(C#N)=C/c1cc(OC)c(OC(F)F)c(OC)c1. The van der Waals surface area contributed by atoms with Gasteiger partial charge in [0.1, 0.15) is 17.4 Å². The second-order valence-electron chi connectivity index (χ2n) is 5.69. The minimum atomic E-state index is -3.08. The molecular weight excluding hydrogens is 398 g/mol. The zero-order valence-electron chi connectivity index (χ0n) is 16.6. The third-order valence-corrected chi connectivity index (χ3v) is 3.80. The molecule has 0 aliphatic rings. The third-order valence-electron chi connectivity index (χ3n) is 3.80. The van der Waals surface area contributed by atoms with Crippen LogP contribution in [0.5, 0.6) is 23.0 Å². The number of anilines is 1. The van der Waals surface area contributed by atoms with E-state index in [0.717, 1.165) is 0 Å². The van der Waals surface area contributed by atoms with E-state index in [1.807, 2.05) is 6.07 Å². The van der Waals surface area contributed by atoms with Gasteiger partial charge >= 0.3 is 6.61 Å². The minimum Gasteiger partial charge on any atom is -0.493 e. The number of hydrogen-bond acceptors (Lipinski definition) is 6. The molecule has 1 N–H and O–H groups in total. The van der Waals surface area contributed by atoms with Crippen molar-refractivity contribution in [3.63, 3.8) is 0 Å². The standard InChI is InChI=1S/C21H20F2N2O5/c1-4-29-16-8-6-5-7-15(16)25-20(26)14(12-24)9-13-10-17(27-2)19(30-21(22)23)18(11-13)28-3/h5-11,21H,4H2,1-3H3,(H,25,26)/b14-9+. The van der Waals surface area contributed by atoms with Crippen LogP contribution in [0.1, 0.15) is 12.5 Å². The number of nitriles is 1. The predicted molar refractivity (Wildman–Crippen MR) is 106 cm³/mol. The number of hydrogen-bond donors (Lipinski definition) is 1. The molecule has 0 spiro atoms. The summed E-state index contributed by atoms with van der Waals surface area (Å²) in [6.45, 7) is -0.873. The van der Waals surface area contributed by atoms with Crippen molar-refractivity contribution in [1.29, 1.82) is 5.26 Å². The van der Waals surface area contributed by atoms with Gasteiger partial charge in [-0.05, 0) is 42.8 Å². The molecule has 0 unspecified atom stereocenters. The van der Waals surface area contributed by atoms with Gasteiger partial charge in [0, 0.05) is 0 Å². The molecule has 2 rings (SSSR count). The summed E-state index contributed by atoms with van der Waals surface area (Å²) in [6, 6.07) is 11.3. The number of nitrogens with one attached hydrogen (secondary N) is 1. The second-order valence-corrected chi connectivity index (χ2v) is 5.69. The molecule has 2 aromatic rings. The monoisotopic (exact) mass is 418 g/mol. The highest BCUT2D eigenvalue weighted by Gasteiger charge is 2.19. The predicted octanol–water partition coefficient (Wildman–Crippen LogP) is 4.25. The Morgan fingerprint density at radius 1 is 1.17 bits per heavy atom. The van der Waals surface area contributed by atoms with E-state index in [2.05, 4.69) is 10.1 Å². The first-order valence-electron chi connectivity index (χ1n) is 8.79. The lowest BCUT2D eigenvalue weighted by atomic mass is 10.1. The van der Waals surface area contributed by atoms with Crippen LogP contribution in [0.15, 0.2) is 42.0 Å². The molecule has 7 nitrogen and oxygen atoms in total. The molecule has 0 aliphatic carbocycles. The second kappa shape index (κ2) is 10.7. The van der Waals surface area contributed by atoms with Gasteiger partial charge in [-0.3, -0.25) is 4.79 Å². The Labute approximate surface area is 172 Å². The number of alkyl halides is 2. The molecule has 0 saturated heterocycles. The van der Waals surface area contributed by atoms with Gasteiger partial charge in [0.2, 0.25) is 5.75 Å². The lowest BCUT2D eigenvalue weighted by Gasteiger charge is -2.15. The van der Waals surface area contributed by atoms with Gasteiger partial charge in [-0.1, -0.05) is 12.1 Å². The number of benzene rings is 2. The number of para-hydroxylation sites is 2. The largest absolute Gasteiger partial charge is 0.493 e. The van der Waals surface area contributed by atoms with Crippen molar-refractivity contribution in [3.05, 3.63) is 47.5 Å². The van der Waals surface area contributed by atoms with Gasteiger partial charge in [-0.2, -0.15) is 14.0 Å². The molecular formula is C21H20F2N2O5.